The third-order valence-electron chi connectivity index (χ3n) is 2.60. The van der Waals surface area contributed by atoms with Crippen molar-refractivity contribution >= 4 is 38.9 Å². The lowest BCUT2D eigenvalue weighted by Gasteiger charge is -2.04. The summed E-state index contributed by atoms with van der Waals surface area (Å²) in [6.45, 7) is 0.344. The van der Waals surface area contributed by atoms with E-state index in [2.05, 4.69) is 15.9 Å². The molecule has 19 heavy (non-hydrogen) atoms. The van der Waals surface area contributed by atoms with E-state index < -0.39 is 0 Å². The van der Waals surface area contributed by atoms with Crippen molar-refractivity contribution in [3.63, 3.8) is 0 Å². The highest BCUT2D eigenvalue weighted by atomic mass is 79.9. The van der Waals surface area contributed by atoms with Crippen LogP contribution in [-0.2, 0) is 22.6 Å². The molecule has 0 radical (unpaired) electrons. The van der Waals surface area contributed by atoms with Gasteiger partial charge in [-0.3, -0.25) is 4.79 Å². The highest BCUT2D eigenvalue weighted by Gasteiger charge is 2.05. The maximum atomic E-state index is 11.6. The Kier molecular flexibility index (Phi) is 4.99. The van der Waals surface area contributed by atoms with E-state index in [1.54, 1.807) is 11.3 Å². The minimum Gasteiger partial charge on any atom is -0.460 e. The summed E-state index contributed by atoms with van der Waals surface area (Å²) >= 11 is 4.95. The SMILES string of the molecule is Nc1ccc(CCC(=O)OCc2ccc(Br)s2)cc1. The highest BCUT2D eigenvalue weighted by molar-refractivity contribution is 9.11. The molecule has 3 nitrogen and oxygen atoms in total. The van der Waals surface area contributed by atoms with Gasteiger partial charge in [0.2, 0.25) is 0 Å². The van der Waals surface area contributed by atoms with Crippen LogP contribution in [0, 0.1) is 0 Å². The third-order valence-corrected chi connectivity index (χ3v) is 4.20. The number of nitrogen functional groups attached to an aromatic ring is 1. The van der Waals surface area contributed by atoms with Crippen LogP contribution < -0.4 is 5.73 Å². The predicted octanol–water partition coefficient (Wildman–Crippen LogP) is 3.77. The smallest absolute Gasteiger partial charge is 0.306 e. The maximum absolute atomic E-state index is 11.6. The molecule has 0 atom stereocenters. The number of rotatable bonds is 5. The summed E-state index contributed by atoms with van der Waals surface area (Å²) in [6.07, 6.45) is 1.06. The summed E-state index contributed by atoms with van der Waals surface area (Å²) in [4.78, 5) is 12.6. The Hall–Kier alpha value is -1.33. The lowest BCUT2D eigenvalue weighted by Crippen LogP contribution is -2.05. The molecule has 100 valence electrons. The van der Waals surface area contributed by atoms with Gasteiger partial charge in [-0.05, 0) is 52.2 Å². The number of benzene rings is 1. The normalized spacial score (nSPS) is 10.4. The number of thiophene rings is 1. The van der Waals surface area contributed by atoms with Gasteiger partial charge in [0.25, 0.3) is 0 Å². The number of hydrogen-bond donors (Lipinski definition) is 1. The largest absolute Gasteiger partial charge is 0.460 e. The van der Waals surface area contributed by atoms with E-state index in [-0.39, 0.29) is 5.97 Å². The molecule has 0 unspecified atom stereocenters. The van der Waals surface area contributed by atoms with Crippen LogP contribution in [0.3, 0.4) is 0 Å². The molecule has 0 aliphatic carbocycles. The van der Waals surface area contributed by atoms with Crippen molar-refractivity contribution in [2.24, 2.45) is 0 Å². The summed E-state index contributed by atoms with van der Waals surface area (Å²) in [6, 6.07) is 11.4. The molecule has 2 aromatic rings. The van der Waals surface area contributed by atoms with Crippen molar-refractivity contribution < 1.29 is 9.53 Å². The number of esters is 1. The van der Waals surface area contributed by atoms with E-state index in [0.29, 0.717) is 19.4 Å². The fourth-order valence-corrected chi connectivity index (χ4v) is 2.98. The number of ether oxygens (including phenoxy) is 1. The van der Waals surface area contributed by atoms with Crippen molar-refractivity contribution in [1.29, 1.82) is 0 Å². The topological polar surface area (TPSA) is 52.3 Å². The van der Waals surface area contributed by atoms with Crippen LogP contribution in [0.1, 0.15) is 16.9 Å². The van der Waals surface area contributed by atoms with E-state index in [1.165, 1.54) is 0 Å². The predicted molar refractivity (Wildman–Crippen MR) is 81.0 cm³/mol. The molecule has 2 N–H and O–H groups in total. The third kappa shape index (κ3) is 4.69. The fourth-order valence-electron chi connectivity index (χ4n) is 1.58. The molecular weight excluding hydrogens is 326 g/mol. The number of halogens is 1. The zero-order valence-electron chi connectivity index (χ0n) is 10.3. The zero-order valence-corrected chi connectivity index (χ0v) is 12.7. The van der Waals surface area contributed by atoms with Gasteiger partial charge in [0.15, 0.2) is 0 Å². The molecule has 1 aromatic heterocycles. The molecule has 5 heteroatoms. The van der Waals surface area contributed by atoms with Gasteiger partial charge in [0.05, 0.1) is 3.79 Å². The highest BCUT2D eigenvalue weighted by Crippen LogP contribution is 2.22. The number of aryl methyl sites for hydroxylation is 1. The molecule has 0 amide bonds. The van der Waals surface area contributed by atoms with Gasteiger partial charge in [-0.15, -0.1) is 11.3 Å². The van der Waals surface area contributed by atoms with Gasteiger partial charge < -0.3 is 10.5 Å². The van der Waals surface area contributed by atoms with Crippen LogP contribution in [0.5, 0.6) is 0 Å². The van der Waals surface area contributed by atoms with Gasteiger partial charge in [-0.25, -0.2) is 0 Å². The molecule has 1 aromatic carbocycles. The summed E-state index contributed by atoms with van der Waals surface area (Å²) < 4.78 is 6.25. The summed E-state index contributed by atoms with van der Waals surface area (Å²) in [7, 11) is 0. The Morgan fingerprint density at radius 2 is 1.95 bits per heavy atom. The first kappa shape index (κ1) is 14.1. The molecule has 0 saturated heterocycles. The minimum absolute atomic E-state index is 0.179. The monoisotopic (exact) mass is 339 g/mol. The van der Waals surface area contributed by atoms with Crippen LogP contribution in [0.2, 0.25) is 0 Å². The van der Waals surface area contributed by atoms with E-state index in [0.717, 1.165) is 19.9 Å². The maximum Gasteiger partial charge on any atom is 0.306 e. The average Bonchev–Trinajstić information content (AvgIpc) is 2.81. The standard InChI is InChI=1S/C14H14BrNO2S/c15-13-7-6-12(19-13)9-18-14(17)8-3-10-1-4-11(16)5-2-10/h1-2,4-7H,3,8-9,16H2. The van der Waals surface area contributed by atoms with Gasteiger partial charge in [-0.2, -0.15) is 0 Å². The quantitative estimate of drug-likeness (QED) is 0.666. The molecule has 0 bridgehead atoms. The van der Waals surface area contributed by atoms with Crippen LogP contribution in [0.25, 0.3) is 0 Å². The first-order valence-electron chi connectivity index (χ1n) is 5.88. The van der Waals surface area contributed by atoms with Gasteiger partial charge in [0.1, 0.15) is 6.61 Å². The molecule has 0 spiro atoms. The molecular formula is C14H14BrNO2S. The van der Waals surface area contributed by atoms with Crippen molar-refractivity contribution in [3.05, 3.63) is 50.6 Å². The first-order chi connectivity index (χ1) is 9.13. The van der Waals surface area contributed by atoms with Crippen LogP contribution in [-0.4, -0.2) is 5.97 Å². The Morgan fingerprint density at radius 1 is 1.21 bits per heavy atom. The van der Waals surface area contributed by atoms with Gasteiger partial charge >= 0.3 is 5.97 Å². The summed E-state index contributed by atoms with van der Waals surface area (Å²) in [5.74, 6) is -0.179. The van der Waals surface area contributed by atoms with Crippen LogP contribution >= 0.6 is 27.3 Å². The first-order valence-corrected chi connectivity index (χ1v) is 7.49. The molecule has 0 fully saturated rings. The van der Waals surface area contributed by atoms with Crippen molar-refractivity contribution in [3.8, 4) is 0 Å². The molecule has 0 aliphatic rings. The Labute approximate surface area is 124 Å². The molecule has 0 aliphatic heterocycles. The zero-order chi connectivity index (χ0) is 13.7. The molecule has 2 rings (SSSR count). The number of anilines is 1. The second-order valence-corrected chi connectivity index (χ2v) is 6.66. The average molecular weight is 340 g/mol. The lowest BCUT2D eigenvalue weighted by molar-refractivity contribution is -0.144. The van der Waals surface area contributed by atoms with E-state index >= 15 is 0 Å². The van der Waals surface area contributed by atoms with Gasteiger partial charge in [0, 0.05) is 17.0 Å². The number of carbonyl (C=O) groups is 1. The molecule has 1 heterocycles. The lowest BCUT2D eigenvalue weighted by atomic mass is 10.1. The van der Waals surface area contributed by atoms with Crippen LogP contribution in [0.4, 0.5) is 5.69 Å². The Morgan fingerprint density at radius 3 is 2.58 bits per heavy atom. The van der Waals surface area contributed by atoms with Crippen molar-refractivity contribution in [2.45, 2.75) is 19.4 Å². The van der Waals surface area contributed by atoms with E-state index in [1.807, 2.05) is 36.4 Å². The van der Waals surface area contributed by atoms with Crippen molar-refractivity contribution in [1.82, 2.24) is 0 Å². The summed E-state index contributed by atoms with van der Waals surface area (Å²) in [5, 5.41) is 0. The Bertz CT molecular complexity index is 551. The number of carbonyl (C=O) groups excluding carboxylic acids is 1. The van der Waals surface area contributed by atoms with E-state index in [9.17, 15) is 4.79 Å². The second kappa shape index (κ2) is 6.73. The molecule has 0 saturated carbocycles. The fraction of sp³-hybridized carbons (Fsp3) is 0.214. The minimum atomic E-state index is -0.179. The Balaban J connectivity index is 1.74. The van der Waals surface area contributed by atoms with Crippen molar-refractivity contribution in [2.75, 3.05) is 5.73 Å². The van der Waals surface area contributed by atoms with E-state index in [4.69, 9.17) is 10.5 Å². The number of nitrogens with two attached hydrogens (primary N) is 1. The second-order valence-electron chi connectivity index (χ2n) is 4.11. The van der Waals surface area contributed by atoms with Gasteiger partial charge in [-0.1, -0.05) is 12.1 Å². The summed E-state index contributed by atoms with van der Waals surface area (Å²) in [5.41, 5.74) is 7.42. The van der Waals surface area contributed by atoms with Crippen LogP contribution in [0.15, 0.2) is 40.2 Å². The number of hydrogen-bond acceptors (Lipinski definition) is 4.